The van der Waals surface area contributed by atoms with E-state index in [-0.39, 0.29) is 23.3 Å². The van der Waals surface area contributed by atoms with E-state index >= 15 is 0 Å². The second-order valence-electron chi connectivity index (χ2n) is 8.12. The van der Waals surface area contributed by atoms with E-state index in [1.807, 2.05) is 13.0 Å². The number of nitrogens with zero attached hydrogens (tertiary/aromatic N) is 2. The SMILES string of the molecule is Cc1c(C#N)cc(Cl)cc1CCN1CC(CO)C(COc2ccc(S(C)(=O)=O)cc2)C1. The summed E-state index contributed by atoms with van der Waals surface area (Å²) in [5.74, 6) is 0.904. The van der Waals surface area contributed by atoms with Gasteiger partial charge in [-0.3, -0.25) is 0 Å². The second-order valence-corrected chi connectivity index (χ2v) is 10.6. The van der Waals surface area contributed by atoms with Crippen molar-refractivity contribution < 1.29 is 18.3 Å². The van der Waals surface area contributed by atoms with E-state index in [9.17, 15) is 18.8 Å². The zero-order valence-corrected chi connectivity index (χ0v) is 19.3. The molecule has 2 atom stereocenters. The number of hydrogen-bond acceptors (Lipinski definition) is 6. The average molecular weight is 463 g/mol. The summed E-state index contributed by atoms with van der Waals surface area (Å²) in [6, 6.07) is 12.2. The Kier molecular flexibility index (Phi) is 7.60. The summed E-state index contributed by atoms with van der Waals surface area (Å²) >= 11 is 6.15. The highest BCUT2D eigenvalue weighted by Crippen LogP contribution is 2.26. The lowest BCUT2D eigenvalue weighted by Gasteiger charge is -2.18. The van der Waals surface area contributed by atoms with Crippen LogP contribution in [0.2, 0.25) is 5.02 Å². The number of likely N-dealkylation sites (tertiary alicyclic amines) is 1. The first-order valence-electron chi connectivity index (χ1n) is 10.2. The van der Waals surface area contributed by atoms with Crippen LogP contribution in [0.3, 0.4) is 0 Å². The summed E-state index contributed by atoms with van der Waals surface area (Å²) < 4.78 is 29.0. The van der Waals surface area contributed by atoms with Gasteiger partial charge in [-0.25, -0.2) is 8.42 Å². The summed E-state index contributed by atoms with van der Waals surface area (Å²) in [6.45, 7) is 4.87. The molecule has 2 aromatic carbocycles. The third-order valence-corrected chi connectivity index (χ3v) is 7.25. The lowest BCUT2D eigenvalue weighted by Crippen LogP contribution is -2.25. The molecule has 6 nitrogen and oxygen atoms in total. The average Bonchev–Trinajstić information content (AvgIpc) is 3.14. The van der Waals surface area contributed by atoms with E-state index in [1.54, 1.807) is 18.2 Å². The van der Waals surface area contributed by atoms with Crippen LogP contribution in [0.25, 0.3) is 0 Å². The van der Waals surface area contributed by atoms with Gasteiger partial charge in [-0.2, -0.15) is 5.26 Å². The molecule has 0 bridgehead atoms. The van der Waals surface area contributed by atoms with Crippen molar-refractivity contribution in [2.24, 2.45) is 11.8 Å². The van der Waals surface area contributed by atoms with Crippen LogP contribution in [0.5, 0.6) is 5.75 Å². The van der Waals surface area contributed by atoms with Gasteiger partial charge in [0.1, 0.15) is 5.75 Å². The van der Waals surface area contributed by atoms with Crippen molar-refractivity contribution in [1.82, 2.24) is 4.90 Å². The van der Waals surface area contributed by atoms with Crippen LogP contribution >= 0.6 is 11.6 Å². The molecule has 2 unspecified atom stereocenters. The number of halogens is 1. The van der Waals surface area contributed by atoms with Crippen molar-refractivity contribution in [3.05, 3.63) is 58.1 Å². The number of ether oxygens (including phenoxy) is 1. The molecule has 0 aromatic heterocycles. The Hall–Kier alpha value is -2.11. The van der Waals surface area contributed by atoms with Crippen molar-refractivity contribution in [1.29, 1.82) is 5.26 Å². The zero-order chi connectivity index (χ0) is 22.6. The zero-order valence-electron chi connectivity index (χ0n) is 17.7. The van der Waals surface area contributed by atoms with Crippen LogP contribution in [0, 0.1) is 30.1 Å². The molecular weight excluding hydrogens is 436 g/mol. The number of hydrogen-bond donors (Lipinski definition) is 1. The van der Waals surface area contributed by atoms with E-state index in [0.29, 0.717) is 22.9 Å². The summed E-state index contributed by atoms with van der Waals surface area (Å²) in [5.41, 5.74) is 2.63. The van der Waals surface area contributed by atoms with E-state index in [1.165, 1.54) is 18.4 Å². The maximum atomic E-state index is 11.6. The van der Waals surface area contributed by atoms with Gasteiger partial charge < -0.3 is 14.7 Å². The van der Waals surface area contributed by atoms with Gasteiger partial charge in [-0.15, -0.1) is 0 Å². The third-order valence-electron chi connectivity index (χ3n) is 5.90. The maximum Gasteiger partial charge on any atom is 0.175 e. The van der Waals surface area contributed by atoms with Crippen LogP contribution in [0.4, 0.5) is 0 Å². The fourth-order valence-electron chi connectivity index (χ4n) is 3.99. The van der Waals surface area contributed by atoms with Gasteiger partial charge in [0, 0.05) is 49.4 Å². The molecule has 1 fully saturated rings. The number of aliphatic hydroxyl groups excluding tert-OH is 1. The maximum absolute atomic E-state index is 11.6. The number of sulfone groups is 1. The van der Waals surface area contributed by atoms with Crippen molar-refractivity contribution in [2.75, 3.05) is 39.1 Å². The molecule has 2 aromatic rings. The normalized spacial score (nSPS) is 19.3. The Morgan fingerprint density at radius 3 is 2.52 bits per heavy atom. The standard InChI is InChI=1S/C23H27ClN2O4S/c1-16-17(9-21(24)10-18(16)11-25)7-8-26-12-19(14-27)20(13-26)15-30-22-3-5-23(6-4-22)31(2,28)29/h3-6,9-10,19-20,27H,7-8,12-15H2,1-2H3. The topological polar surface area (TPSA) is 90.6 Å². The van der Waals surface area contributed by atoms with Gasteiger partial charge in [0.25, 0.3) is 0 Å². The van der Waals surface area contributed by atoms with Gasteiger partial charge >= 0.3 is 0 Å². The predicted molar refractivity (Wildman–Crippen MR) is 120 cm³/mol. The molecule has 1 heterocycles. The van der Waals surface area contributed by atoms with Crippen LogP contribution in [0.15, 0.2) is 41.3 Å². The van der Waals surface area contributed by atoms with E-state index in [4.69, 9.17) is 16.3 Å². The quantitative estimate of drug-likeness (QED) is 0.648. The molecule has 0 amide bonds. The Morgan fingerprint density at radius 1 is 1.23 bits per heavy atom. The lowest BCUT2D eigenvalue weighted by atomic mass is 9.98. The molecule has 31 heavy (non-hydrogen) atoms. The molecule has 1 N–H and O–H groups in total. The first-order valence-corrected chi connectivity index (χ1v) is 12.4. The lowest BCUT2D eigenvalue weighted by molar-refractivity contribution is 0.162. The molecule has 3 rings (SSSR count). The minimum atomic E-state index is -3.23. The van der Waals surface area contributed by atoms with Crippen LogP contribution < -0.4 is 4.74 Å². The molecular formula is C23H27ClN2O4S. The first kappa shape index (κ1) is 23.6. The molecule has 8 heteroatoms. The fourth-order valence-corrected chi connectivity index (χ4v) is 4.86. The highest BCUT2D eigenvalue weighted by atomic mass is 35.5. The number of benzene rings is 2. The van der Waals surface area contributed by atoms with E-state index < -0.39 is 9.84 Å². The minimum absolute atomic E-state index is 0.0896. The Bertz CT molecular complexity index is 1060. The third kappa shape index (κ3) is 5.98. The molecule has 0 aliphatic carbocycles. The molecule has 1 aliphatic heterocycles. The monoisotopic (exact) mass is 462 g/mol. The van der Waals surface area contributed by atoms with Gasteiger partial charge in [-0.05, 0) is 60.9 Å². The molecule has 0 radical (unpaired) electrons. The van der Waals surface area contributed by atoms with Gasteiger partial charge in [0.15, 0.2) is 9.84 Å². The minimum Gasteiger partial charge on any atom is -0.493 e. The highest BCUT2D eigenvalue weighted by Gasteiger charge is 2.32. The van der Waals surface area contributed by atoms with Crippen LogP contribution in [-0.4, -0.2) is 57.5 Å². The van der Waals surface area contributed by atoms with Crippen molar-refractivity contribution >= 4 is 21.4 Å². The van der Waals surface area contributed by atoms with Crippen LogP contribution in [0.1, 0.15) is 16.7 Å². The number of aliphatic hydroxyl groups is 1. The summed E-state index contributed by atoms with van der Waals surface area (Å²) in [7, 11) is -3.23. The summed E-state index contributed by atoms with van der Waals surface area (Å²) in [4.78, 5) is 2.56. The molecule has 1 aliphatic rings. The smallest absolute Gasteiger partial charge is 0.175 e. The Morgan fingerprint density at radius 2 is 1.90 bits per heavy atom. The largest absolute Gasteiger partial charge is 0.493 e. The molecule has 1 saturated heterocycles. The number of nitriles is 1. The van der Waals surface area contributed by atoms with Crippen molar-refractivity contribution in [2.45, 2.75) is 18.2 Å². The highest BCUT2D eigenvalue weighted by molar-refractivity contribution is 7.90. The van der Waals surface area contributed by atoms with Crippen molar-refractivity contribution in [3.8, 4) is 11.8 Å². The van der Waals surface area contributed by atoms with Crippen molar-refractivity contribution in [3.63, 3.8) is 0 Å². The van der Waals surface area contributed by atoms with E-state index in [0.717, 1.165) is 37.2 Å². The van der Waals surface area contributed by atoms with E-state index in [2.05, 4.69) is 11.0 Å². The second kappa shape index (κ2) is 10.0. The Labute approximate surface area is 188 Å². The van der Waals surface area contributed by atoms with Gasteiger partial charge in [-0.1, -0.05) is 11.6 Å². The first-order chi connectivity index (χ1) is 14.7. The summed E-state index contributed by atoms with van der Waals surface area (Å²) in [6.07, 6.45) is 1.95. The summed E-state index contributed by atoms with van der Waals surface area (Å²) in [5, 5.41) is 19.6. The Balaban J connectivity index is 1.57. The molecule has 166 valence electrons. The number of rotatable bonds is 8. The van der Waals surface area contributed by atoms with Crippen LogP contribution in [-0.2, 0) is 16.3 Å². The fraction of sp³-hybridized carbons (Fsp3) is 0.435. The molecule has 0 spiro atoms. The van der Waals surface area contributed by atoms with Gasteiger partial charge in [0.05, 0.1) is 23.1 Å². The predicted octanol–water partition coefficient (Wildman–Crippen LogP) is 3.09. The molecule has 0 saturated carbocycles. The van der Waals surface area contributed by atoms with Gasteiger partial charge in [0.2, 0.25) is 0 Å².